The third-order valence-corrected chi connectivity index (χ3v) is 4.99. The molecule has 0 aromatic heterocycles. The summed E-state index contributed by atoms with van der Waals surface area (Å²) in [5.74, 6) is -0.133. The van der Waals surface area contributed by atoms with E-state index in [4.69, 9.17) is 16.7 Å². The van der Waals surface area contributed by atoms with Crippen molar-refractivity contribution in [3.63, 3.8) is 0 Å². The van der Waals surface area contributed by atoms with Gasteiger partial charge in [-0.3, -0.25) is 19.8 Å². The third kappa shape index (κ3) is 4.15. The number of halogens is 1. The summed E-state index contributed by atoms with van der Waals surface area (Å²) in [6.45, 7) is 0.953. The number of carbonyl (C=O) groups is 1. The lowest BCUT2D eigenvalue weighted by molar-refractivity contribution is -0.384. The second kappa shape index (κ2) is 6.94. The van der Waals surface area contributed by atoms with Crippen LogP contribution >= 0.6 is 11.6 Å². The Kier molecular flexibility index (Phi) is 4.91. The molecule has 0 radical (unpaired) electrons. The summed E-state index contributed by atoms with van der Waals surface area (Å²) in [6, 6.07) is 4.87. The Morgan fingerprint density at radius 1 is 1.42 bits per heavy atom. The molecule has 0 heterocycles. The Balaban J connectivity index is 1.54. The molecule has 2 N–H and O–H groups in total. The number of non-ortho nitro benzene ring substituents is 1. The van der Waals surface area contributed by atoms with Gasteiger partial charge in [-0.1, -0.05) is 11.6 Å². The van der Waals surface area contributed by atoms with Gasteiger partial charge >= 0.3 is 5.97 Å². The first-order valence-corrected chi connectivity index (χ1v) is 8.46. The van der Waals surface area contributed by atoms with Gasteiger partial charge in [-0.15, -0.1) is 0 Å². The van der Waals surface area contributed by atoms with Gasteiger partial charge in [0.15, 0.2) is 0 Å². The first kappa shape index (κ1) is 17.0. The summed E-state index contributed by atoms with van der Waals surface area (Å²) in [7, 11) is 0. The van der Waals surface area contributed by atoms with Crippen LogP contribution in [-0.2, 0) is 4.79 Å². The van der Waals surface area contributed by atoms with Crippen molar-refractivity contribution in [1.82, 2.24) is 4.90 Å². The maximum Gasteiger partial charge on any atom is 0.317 e. The molecule has 24 heavy (non-hydrogen) atoms. The lowest BCUT2D eigenvalue weighted by atomic mass is 9.85. The Hall–Kier alpha value is -1.86. The lowest BCUT2D eigenvalue weighted by Crippen LogP contribution is -2.52. The molecule has 2 aliphatic carbocycles. The van der Waals surface area contributed by atoms with Crippen LogP contribution in [0.25, 0.3) is 0 Å². The van der Waals surface area contributed by atoms with E-state index in [-0.39, 0.29) is 24.3 Å². The predicted octanol–water partition coefficient (Wildman–Crippen LogP) is 2.99. The normalized spacial score (nSPS) is 22.9. The van der Waals surface area contributed by atoms with Crippen molar-refractivity contribution in [2.45, 2.75) is 37.8 Å². The van der Waals surface area contributed by atoms with Crippen LogP contribution in [0.2, 0.25) is 5.02 Å². The van der Waals surface area contributed by atoms with Gasteiger partial charge in [0.2, 0.25) is 0 Å². The molecule has 2 aliphatic rings. The van der Waals surface area contributed by atoms with Gasteiger partial charge in [0.25, 0.3) is 5.69 Å². The Bertz CT molecular complexity index is 644. The van der Waals surface area contributed by atoms with E-state index in [1.54, 1.807) is 6.07 Å². The topological polar surface area (TPSA) is 95.7 Å². The fourth-order valence-corrected chi connectivity index (χ4v) is 3.34. The third-order valence-electron chi connectivity index (χ3n) is 4.68. The summed E-state index contributed by atoms with van der Waals surface area (Å²) in [4.78, 5) is 23.3. The maximum absolute atomic E-state index is 11.0. The molecule has 0 aliphatic heterocycles. The largest absolute Gasteiger partial charge is 0.480 e. The summed E-state index contributed by atoms with van der Waals surface area (Å²) in [5, 5.41) is 23.4. The number of aliphatic carboxylic acids is 1. The van der Waals surface area contributed by atoms with Crippen LogP contribution in [0.1, 0.15) is 25.7 Å². The molecule has 0 spiro atoms. The zero-order valence-electron chi connectivity index (χ0n) is 13.2. The van der Waals surface area contributed by atoms with Crippen LogP contribution in [0, 0.1) is 16.0 Å². The number of nitro benzene ring substituents is 1. The Labute approximate surface area is 144 Å². The number of carboxylic acids is 1. The van der Waals surface area contributed by atoms with Crippen LogP contribution < -0.4 is 5.32 Å². The van der Waals surface area contributed by atoms with Crippen molar-refractivity contribution in [1.29, 1.82) is 0 Å². The first-order valence-electron chi connectivity index (χ1n) is 8.08. The average Bonchev–Trinajstić information content (AvgIpc) is 3.26. The van der Waals surface area contributed by atoms with Crippen LogP contribution in [0.3, 0.4) is 0 Å². The predicted molar refractivity (Wildman–Crippen MR) is 90.5 cm³/mol. The van der Waals surface area contributed by atoms with E-state index < -0.39 is 10.9 Å². The molecule has 3 rings (SSSR count). The summed E-state index contributed by atoms with van der Waals surface area (Å²) < 4.78 is 0. The summed E-state index contributed by atoms with van der Waals surface area (Å²) in [6.07, 6.45) is 4.10. The number of nitro groups is 1. The highest BCUT2D eigenvalue weighted by Crippen LogP contribution is 2.36. The van der Waals surface area contributed by atoms with E-state index in [0.29, 0.717) is 16.6 Å². The minimum atomic E-state index is -0.787. The minimum absolute atomic E-state index is 0.0332. The van der Waals surface area contributed by atoms with E-state index in [0.717, 1.165) is 19.4 Å². The van der Waals surface area contributed by atoms with Gasteiger partial charge in [-0.25, -0.2) is 0 Å². The molecule has 1 aromatic carbocycles. The van der Waals surface area contributed by atoms with E-state index in [1.807, 2.05) is 0 Å². The molecular formula is C16H20ClN3O4. The molecular weight excluding hydrogens is 334 g/mol. The zero-order valence-corrected chi connectivity index (χ0v) is 13.9. The highest BCUT2D eigenvalue weighted by Gasteiger charge is 2.37. The molecule has 0 saturated heterocycles. The van der Waals surface area contributed by atoms with E-state index >= 15 is 0 Å². The monoisotopic (exact) mass is 353 g/mol. The number of benzene rings is 1. The molecule has 2 saturated carbocycles. The number of hydrogen-bond donors (Lipinski definition) is 2. The van der Waals surface area contributed by atoms with E-state index in [9.17, 15) is 14.9 Å². The van der Waals surface area contributed by atoms with Gasteiger partial charge in [-0.2, -0.15) is 0 Å². The minimum Gasteiger partial charge on any atom is -0.480 e. The van der Waals surface area contributed by atoms with Gasteiger partial charge < -0.3 is 10.4 Å². The van der Waals surface area contributed by atoms with Crippen molar-refractivity contribution >= 4 is 28.9 Å². The molecule has 7 nitrogen and oxygen atoms in total. The van der Waals surface area contributed by atoms with Crippen molar-refractivity contribution in [2.75, 3.05) is 18.4 Å². The quantitative estimate of drug-likeness (QED) is 0.551. The Morgan fingerprint density at radius 2 is 2.12 bits per heavy atom. The number of anilines is 1. The van der Waals surface area contributed by atoms with Crippen molar-refractivity contribution in [3.05, 3.63) is 33.3 Å². The van der Waals surface area contributed by atoms with E-state index in [1.165, 1.54) is 25.0 Å². The lowest BCUT2D eigenvalue weighted by Gasteiger charge is -2.43. The molecule has 2 fully saturated rings. The number of hydrogen-bond acceptors (Lipinski definition) is 5. The van der Waals surface area contributed by atoms with Crippen LogP contribution in [0.5, 0.6) is 0 Å². The molecule has 0 bridgehead atoms. The molecule has 130 valence electrons. The fourth-order valence-electron chi connectivity index (χ4n) is 3.11. The van der Waals surface area contributed by atoms with Gasteiger partial charge in [0.05, 0.1) is 22.2 Å². The zero-order chi connectivity index (χ0) is 17.3. The smallest absolute Gasteiger partial charge is 0.317 e. The van der Waals surface area contributed by atoms with Crippen LogP contribution in [0.15, 0.2) is 18.2 Å². The van der Waals surface area contributed by atoms with Gasteiger partial charge in [0, 0.05) is 30.8 Å². The molecule has 0 amide bonds. The molecule has 0 unspecified atom stereocenters. The van der Waals surface area contributed by atoms with Crippen LogP contribution in [-0.4, -0.2) is 46.1 Å². The van der Waals surface area contributed by atoms with Crippen molar-refractivity contribution in [3.8, 4) is 0 Å². The second-order valence-electron chi connectivity index (χ2n) is 6.65. The SMILES string of the molecule is O=C(O)CN(CC1CC1)C1CC(Nc2ccc([N+](=O)[O-])cc2Cl)C1. The fraction of sp³-hybridized carbons (Fsp3) is 0.562. The number of nitrogens with zero attached hydrogens (tertiary/aromatic N) is 2. The summed E-state index contributed by atoms with van der Waals surface area (Å²) >= 11 is 6.09. The van der Waals surface area contributed by atoms with Crippen molar-refractivity contribution < 1.29 is 14.8 Å². The maximum atomic E-state index is 11.0. The molecule has 0 atom stereocenters. The highest BCUT2D eigenvalue weighted by atomic mass is 35.5. The van der Waals surface area contributed by atoms with Crippen molar-refractivity contribution in [2.24, 2.45) is 5.92 Å². The first-order chi connectivity index (χ1) is 11.4. The second-order valence-corrected chi connectivity index (χ2v) is 7.06. The van der Waals surface area contributed by atoms with E-state index in [2.05, 4.69) is 10.2 Å². The number of nitrogens with one attached hydrogen (secondary N) is 1. The van der Waals surface area contributed by atoms with Crippen LogP contribution in [0.4, 0.5) is 11.4 Å². The average molecular weight is 354 g/mol. The highest BCUT2D eigenvalue weighted by molar-refractivity contribution is 6.33. The number of carboxylic acid groups (broad SMARTS) is 1. The Morgan fingerprint density at radius 3 is 2.67 bits per heavy atom. The summed E-state index contributed by atoms with van der Waals surface area (Å²) in [5.41, 5.74) is 0.645. The molecule has 1 aromatic rings. The standard InChI is InChI=1S/C16H20ClN3O4/c17-14-7-12(20(23)24)3-4-15(14)18-11-5-13(6-11)19(9-16(21)22)8-10-1-2-10/h3-4,7,10-11,13,18H,1-2,5-6,8-9H2,(H,21,22). The number of rotatable bonds is 8. The van der Waals surface area contributed by atoms with Gasteiger partial charge in [-0.05, 0) is 37.7 Å². The molecule has 8 heteroatoms. The van der Waals surface area contributed by atoms with Gasteiger partial charge in [0.1, 0.15) is 0 Å².